The van der Waals surface area contributed by atoms with Gasteiger partial charge in [-0.25, -0.2) is 23.9 Å². The van der Waals surface area contributed by atoms with Gasteiger partial charge < -0.3 is 44.2 Å². The number of amides is 1. The fourth-order valence-corrected chi connectivity index (χ4v) is 7.93. The van der Waals surface area contributed by atoms with Gasteiger partial charge in [0.2, 0.25) is 5.95 Å². The Morgan fingerprint density at radius 1 is 1.19 bits per heavy atom. The van der Waals surface area contributed by atoms with E-state index in [1.807, 2.05) is 0 Å². The minimum absolute atomic E-state index is 0.00539. The van der Waals surface area contributed by atoms with Gasteiger partial charge in [0.25, 0.3) is 5.91 Å². The van der Waals surface area contributed by atoms with Gasteiger partial charge >= 0.3 is 14.5 Å². The Kier molecular flexibility index (Phi) is 8.33. The van der Waals surface area contributed by atoms with E-state index in [2.05, 4.69) is 35.9 Å². The average molecular weight is 655 g/mol. The van der Waals surface area contributed by atoms with E-state index < -0.39 is 101 Å². The molecule has 4 fully saturated rings. The van der Waals surface area contributed by atoms with E-state index in [9.17, 15) is 24.3 Å². The summed E-state index contributed by atoms with van der Waals surface area (Å²) < 4.78 is 56.2. The fraction of sp³-hybridized carbons (Fsp3) is 0.737. The van der Waals surface area contributed by atoms with Crippen LogP contribution in [0.4, 0.5) is 10.3 Å². The maximum absolute atomic E-state index is 15.6. The predicted molar refractivity (Wildman–Crippen MR) is 140 cm³/mol. The van der Waals surface area contributed by atoms with E-state index in [1.165, 1.54) is 23.9 Å². The molecule has 23 heteroatoms. The minimum atomic E-state index is -4.95. The highest BCUT2D eigenvalue weighted by molar-refractivity contribution is 8.07. The molecule has 1 saturated carbocycles. The average Bonchev–Trinajstić information content (AvgIpc) is 3.57. The Morgan fingerprint density at radius 3 is 2.71 bits per heavy atom. The molecular weight excluding hydrogens is 627 g/mol. The van der Waals surface area contributed by atoms with Crippen molar-refractivity contribution in [2.75, 3.05) is 18.5 Å². The van der Waals surface area contributed by atoms with Gasteiger partial charge in [0.05, 0.1) is 25.6 Å². The van der Waals surface area contributed by atoms with Crippen molar-refractivity contribution in [3.8, 4) is 0 Å². The van der Waals surface area contributed by atoms with Crippen molar-refractivity contribution < 1.29 is 51.5 Å². The summed E-state index contributed by atoms with van der Waals surface area (Å²) >= 11 is 5.13. The van der Waals surface area contributed by atoms with Crippen molar-refractivity contribution in [2.24, 2.45) is 16.6 Å². The summed E-state index contributed by atoms with van der Waals surface area (Å²) in [7, 11) is -4.95. The third-order valence-corrected chi connectivity index (χ3v) is 9.94. The summed E-state index contributed by atoms with van der Waals surface area (Å²) in [5.74, 6) is -1.30. The molecule has 1 aromatic heterocycles. The molecule has 42 heavy (non-hydrogen) atoms. The van der Waals surface area contributed by atoms with Crippen LogP contribution >= 0.6 is 14.5 Å². The number of nitrogens with two attached hydrogens (primary N) is 1. The largest absolute Gasteiger partial charge is 0.472 e. The summed E-state index contributed by atoms with van der Waals surface area (Å²) in [5.41, 5.74) is 5.83. The second-order valence-electron chi connectivity index (χ2n) is 10.1. The molecule has 19 nitrogen and oxygen atoms in total. The highest BCUT2D eigenvalue weighted by atomic mass is 32.5. The normalized spacial score (nSPS) is 47.5. The van der Waals surface area contributed by atoms with E-state index in [-0.39, 0.29) is 12.4 Å². The number of aliphatic imine (C=N–C) groups is 1. The number of aromatic nitrogens is 3. The minimum Gasteiger partial charge on any atom is -0.387 e. The van der Waals surface area contributed by atoms with Crippen LogP contribution in [0.2, 0.25) is 0 Å². The zero-order valence-electron chi connectivity index (χ0n) is 21.4. The number of alkyl halides is 1. The number of rotatable bonds is 3. The van der Waals surface area contributed by atoms with Gasteiger partial charge in [-0.05, 0) is 18.2 Å². The zero-order chi connectivity index (χ0) is 29.8. The number of nitrogens with one attached hydrogen (secondary N) is 3. The number of fused-ring (bicyclic) bond motifs is 4. The molecule has 1 aliphatic carbocycles. The predicted octanol–water partition coefficient (Wildman–Crippen LogP) is -2.77. The molecule has 0 radical (unpaired) electrons. The van der Waals surface area contributed by atoms with Crippen molar-refractivity contribution in [2.45, 2.75) is 67.8 Å². The maximum atomic E-state index is 15.6. The number of hydrogen-bond donors (Lipinski definition) is 7. The number of carbonyl (C=O) groups excluding carboxylic acids is 1. The molecule has 3 saturated heterocycles. The highest BCUT2D eigenvalue weighted by Crippen LogP contribution is 2.53. The van der Waals surface area contributed by atoms with Crippen LogP contribution in [0.25, 0.3) is 0 Å². The number of ether oxygens (including phenoxy) is 1. The number of anilines is 1. The first-order valence-corrected chi connectivity index (χ1v) is 16.8. The molecule has 0 spiro atoms. The molecular formula is C19H28FN9O10P2S. The number of nitrogens with zero attached hydrogens (tertiary/aromatic N) is 5. The summed E-state index contributed by atoms with van der Waals surface area (Å²) in [6.45, 7) is -5.28. The lowest BCUT2D eigenvalue weighted by molar-refractivity contribution is -0.130. The molecule has 4 aliphatic heterocycles. The van der Waals surface area contributed by atoms with Gasteiger partial charge in [0.15, 0.2) is 12.3 Å². The first-order valence-electron chi connectivity index (χ1n) is 12.7. The summed E-state index contributed by atoms with van der Waals surface area (Å²) in [6, 6.07) is -1.89. The van der Waals surface area contributed by atoms with Gasteiger partial charge in [-0.1, -0.05) is 0 Å². The van der Waals surface area contributed by atoms with Crippen molar-refractivity contribution in [3.63, 3.8) is 0 Å². The Morgan fingerprint density at radius 2 is 1.95 bits per heavy atom. The molecule has 5 aliphatic rings. The Labute approximate surface area is 242 Å². The molecule has 6 rings (SSSR count). The van der Waals surface area contributed by atoms with E-state index in [0.717, 1.165) is 0 Å². The summed E-state index contributed by atoms with van der Waals surface area (Å²) in [5, 5.41) is 19.2. The monoisotopic (exact) mass is 655 g/mol. The number of halogens is 1. The Bertz CT molecular complexity index is 1310. The lowest BCUT2D eigenvalue weighted by Gasteiger charge is -2.39. The highest BCUT2D eigenvalue weighted by Gasteiger charge is 2.56. The van der Waals surface area contributed by atoms with Crippen LogP contribution in [-0.2, 0) is 44.0 Å². The molecule has 1 amide bonds. The van der Waals surface area contributed by atoms with E-state index in [0.29, 0.717) is 0 Å². The number of phosphoric acid groups is 1. The van der Waals surface area contributed by atoms with Gasteiger partial charge in [-0.3, -0.25) is 29.9 Å². The van der Waals surface area contributed by atoms with Crippen LogP contribution in [0.5, 0.6) is 0 Å². The number of phosphoric ester groups is 1. The van der Waals surface area contributed by atoms with E-state index in [4.69, 9.17) is 40.4 Å². The fourth-order valence-electron chi connectivity index (χ4n) is 5.48. The number of aliphatic hydroxyl groups is 1. The number of carbonyl (C=O) groups is 1. The topological polar surface area (TPSA) is 257 Å². The second-order valence-corrected chi connectivity index (χ2v) is 14.3. The summed E-state index contributed by atoms with van der Waals surface area (Å²) in [6.07, 6.45) is -7.06. The molecule has 2 bridgehead atoms. The lowest BCUT2D eigenvalue weighted by atomic mass is 10.1. The quantitative estimate of drug-likeness (QED) is 0.163. The Hall–Kier alpha value is -1.84. The number of aliphatic hydroxyl groups excluding tert-OH is 1. The van der Waals surface area contributed by atoms with Gasteiger partial charge in [-0.2, -0.15) is 0 Å². The van der Waals surface area contributed by atoms with Gasteiger partial charge in [-0.15, -0.1) is 0 Å². The van der Waals surface area contributed by atoms with Crippen LogP contribution in [0.3, 0.4) is 0 Å². The van der Waals surface area contributed by atoms with Crippen LogP contribution in [0.15, 0.2) is 17.6 Å². The smallest absolute Gasteiger partial charge is 0.387 e. The molecule has 5 unspecified atom stereocenters. The third kappa shape index (κ3) is 6.07. The van der Waals surface area contributed by atoms with Crippen molar-refractivity contribution >= 4 is 44.5 Å². The van der Waals surface area contributed by atoms with Crippen LogP contribution in [-0.4, -0.2) is 122 Å². The first kappa shape index (κ1) is 30.2. The molecule has 13 atom stereocenters. The van der Waals surface area contributed by atoms with Crippen molar-refractivity contribution in [3.05, 3.63) is 12.7 Å². The van der Waals surface area contributed by atoms with E-state index >= 15 is 4.39 Å². The zero-order valence-corrected chi connectivity index (χ0v) is 24.0. The van der Waals surface area contributed by atoms with Gasteiger partial charge in [0.1, 0.15) is 55.7 Å². The van der Waals surface area contributed by atoms with Crippen LogP contribution in [0.1, 0.15) is 6.42 Å². The van der Waals surface area contributed by atoms with Crippen LogP contribution in [0, 0.1) is 5.92 Å². The van der Waals surface area contributed by atoms with E-state index in [1.54, 1.807) is 0 Å². The number of hydrogen-bond acceptors (Lipinski definition) is 17. The molecule has 8 N–H and O–H groups in total. The standard InChI is InChI=1S/C19H28FN9O10P2S/c20-10-8(26-19-23-4-22-5-24-19)1-7-2-35-40(32,33)38-14-12(30)9(3-36-41(34,42)39-13(7)10)37-17(14)29-6-25-11-15(29)27-18(21)28-16(11)31/h4-15,17-18,27,30H,1-3,21H2,(H,28,31)(H,32,33)(H,34,42)(H,22,23,24,26)/t7-,8-,9-,10+,11?,12-,13-,14-,15?,17-,18?,41?/m1/s1. The van der Waals surface area contributed by atoms with Gasteiger partial charge in [0, 0.05) is 5.92 Å². The van der Waals surface area contributed by atoms with Crippen molar-refractivity contribution in [1.82, 2.24) is 30.5 Å². The first-order chi connectivity index (χ1) is 19.9. The maximum Gasteiger partial charge on any atom is 0.472 e. The molecule has 0 aromatic carbocycles. The molecule has 5 heterocycles. The summed E-state index contributed by atoms with van der Waals surface area (Å²) in [4.78, 5) is 50.8. The second kappa shape index (κ2) is 11.6. The van der Waals surface area contributed by atoms with Crippen LogP contribution < -0.4 is 21.7 Å². The Balaban J connectivity index is 1.24. The SMILES string of the molecule is NC1NC(=O)C2N=CN([C@@H]3O[C@@H]4COP(O)(=S)O[C@@H]5[C@@H](COP(=O)(O)O[C@@H]3[C@@H]4O)C[C@@H](Nc3ncncn3)[C@@H]5F)C2N1. The molecule has 1 aromatic rings. The van der Waals surface area contributed by atoms with Crippen molar-refractivity contribution in [1.29, 1.82) is 0 Å². The lowest BCUT2D eigenvalue weighted by Crippen LogP contribution is -2.70. The third-order valence-electron chi connectivity index (χ3n) is 7.40. The molecule has 232 valence electrons.